The minimum absolute atomic E-state index is 0.0449. The molecule has 0 unspecified atom stereocenters. The molecule has 0 saturated carbocycles. The highest BCUT2D eigenvalue weighted by molar-refractivity contribution is 8.13. The summed E-state index contributed by atoms with van der Waals surface area (Å²) in [5.41, 5.74) is -0.375. The highest BCUT2D eigenvalue weighted by Gasteiger charge is 2.51. The molecule has 4 aromatic carbocycles. The number of benzene rings is 4. The molecule has 0 fully saturated rings. The van der Waals surface area contributed by atoms with Crippen LogP contribution in [0.25, 0.3) is 0 Å². The summed E-state index contributed by atoms with van der Waals surface area (Å²) < 4.78 is 69.6. The molecule has 336 valence electrons. The largest absolute Gasteiger partial charge is 0.490 e. The SMILES string of the molecule is CCCCCCCCCCCCSC(=O)[C@H](OC(=O)c1ccccc1)[C@@H](OC(=O)c1ccccc1)[C@H](OC(=O)c1ccccc1)[C@@H](COC(=O)c1ccccc1)OC(=O)C(F)(F)F. The Morgan fingerprint density at radius 3 is 1.30 bits per heavy atom. The number of hydrogen-bond donors (Lipinski definition) is 0. The smallest absolute Gasteiger partial charge is 0.458 e. The van der Waals surface area contributed by atoms with E-state index in [-0.39, 0.29) is 28.0 Å². The topological polar surface area (TPSA) is 149 Å². The molecule has 0 heterocycles. The van der Waals surface area contributed by atoms with Gasteiger partial charge in [-0.1, -0.05) is 149 Å². The Balaban J connectivity index is 1.78. The summed E-state index contributed by atoms with van der Waals surface area (Å²) in [4.78, 5) is 81.7. The average molecular weight is 893 g/mol. The molecule has 0 radical (unpaired) electrons. The lowest BCUT2D eigenvalue weighted by atomic mass is 10.0. The van der Waals surface area contributed by atoms with Crippen LogP contribution in [0.1, 0.15) is 113 Å². The number of alkyl halides is 3. The van der Waals surface area contributed by atoms with Gasteiger partial charge >= 0.3 is 36.0 Å². The molecule has 4 atom stereocenters. The summed E-state index contributed by atoms with van der Waals surface area (Å²) >= 11 is 0.707. The van der Waals surface area contributed by atoms with Gasteiger partial charge in [-0.25, -0.2) is 24.0 Å². The molecular weight excluding hydrogens is 842 g/mol. The molecule has 0 saturated heterocycles. The maximum absolute atomic E-state index is 14.4. The highest BCUT2D eigenvalue weighted by atomic mass is 32.2. The minimum atomic E-state index is -5.63. The number of hydrogen-bond acceptors (Lipinski definition) is 12. The number of carbonyl (C=O) groups is 6. The molecule has 0 aliphatic carbocycles. The van der Waals surface area contributed by atoms with Gasteiger partial charge in [0.15, 0.2) is 18.3 Å². The zero-order valence-electron chi connectivity index (χ0n) is 34.9. The molecule has 4 rings (SSSR count). The van der Waals surface area contributed by atoms with E-state index in [0.29, 0.717) is 18.2 Å². The summed E-state index contributed by atoms with van der Waals surface area (Å²) in [6.45, 7) is 0.939. The van der Waals surface area contributed by atoms with Gasteiger partial charge < -0.3 is 23.7 Å². The second-order valence-corrected chi connectivity index (χ2v) is 15.5. The molecule has 0 aromatic heterocycles. The van der Waals surface area contributed by atoms with Crippen molar-refractivity contribution >= 4 is 46.7 Å². The average Bonchev–Trinajstić information content (AvgIpc) is 3.30. The summed E-state index contributed by atoms with van der Waals surface area (Å²) in [6, 6.07) is 29.0. The number of esters is 5. The van der Waals surface area contributed by atoms with Crippen molar-refractivity contribution in [2.24, 2.45) is 0 Å². The van der Waals surface area contributed by atoms with Crippen molar-refractivity contribution in [1.82, 2.24) is 0 Å². The molecule has 4 aromatic rings. The van der Waals surface area contributed by atoms with Gasteiger partial charge in [-0.2, -0.15) is 13.2 Å². The van der Waals surface area contributed by atoms with Crippen molar-refractivity contribution in [3.8, 4) is 0 Å². The van der Waals surface area contributed by atoms with Crippen LogP contribution in [0.4, 0.5) is 13.2 Å². The molecule has 0 spiro atoms. The van der Waals surface area contributed by atoms with Gasteiger partial charge in [0.05, 0.1) is 22.3 Å². The van der Waals surface area contributed by atoms with E-state index >= 15 is 0 Å². The van der Waals surface area contributed by atoms with Crippen molar-refractivity contribution in [1.29, 1.82) is 0 Å². The Labute approximate surface area is 369 Å². The van der Waals surface area contributed by atoms with Crippen LogP contribution in [-0.4, -0.2) is 77.9 Å². The molecule has 11 nitrogen and oxygen atoms in total. The first-order chi connectivity index (χ1) is 30.4. The van der Waals surface area contributed by atoms with Crippen LogP contribution in [0.3, 0.4) is 0 Å². The third-order valence-electron chi connectivity index (χ3n) is 9.59. The monoisotopic (exact) mass is 892 g/mol. The number of carbonyl (C=O) groups excluding carboxylic acids is 6. The van der Waals surface area contributed by atoms with Crippen molar-refractivity contribution < 1.29 is 65.6 Å². The van der Waals surface area contributed by atoms with E-state index in [9.17, 15) is 41.9 Å². The first-order valence-corrected chi connectivity index (χ1v) is 21.8. The number of halogens is 3. The Morgan fingerprint density at radius 1 is 0.492 bits per heavy atom. The number of ether oxygens (including phenoxy) is 5. The van der Waals surface area contributed by atoms with Crippen molar-refractivity contribution in [3.05, 3.63) is 144 Å². The maximum Gasteiger partial charge on any atom is 0.490 e. The predicted octanol–water partition coefficient (Wildman–Crippen LogP) is 10.2. The second kappa shape index (κ2) is 26.5. The number of rotatable bonds is 25. The molecule has 63 heavy (non-hydrogen) atoms. The third-order valence-corrected chi connectivity index (χ3v) is 10.6. The molecule has 15 heteroatoms. The molecular formula is C48H51F3O11S. The lowest BCUT2D eigenvalue weighted by Gasteiger charge is -2.35. The van der Waals surface area contributed by atoms with Crippen LogP contribution in [0.2, 0.25) is 0 Å². The van der Waals surface area contributed by atoms with Gasteiger partial charge in [-0.15, -0.1) is 0 Å². The Bertz CT molecular complexity index is 2030. The summed E-state index contributed by atoms with van der Waals surface area (Å²) in [5.74, 6) is -7.20. The Morgan fingerprint density at radius 2 is 0.873 bits per heavy atom. The van der Waals surface area contributed by atoms with Crippen molar-refractivity contribution in [2.75, 3.05) is 12.4 Å². The fourth-order valence-corrected chi connectivity index (χ4v) is 7.15. The fraction of sp³-hybridized carbons (Fsp3) is 0.375. The zero-order valence-corrected chi connectivity index (χ0v) is 35.7. The fourth-order valence-electron chi connectivity index (χ4n) is 6.25. The quantitative estimate of drug-likeness (QED) is 0.0354. The second-order valence-electron chi connectivity index (χ2n) is 14.4. The molecule has 0 aliphatic rings. The summed E-state index contributed by atoms with van der Waals surface area (Å²) in [7, 11) is 0. The summed E-state index contributed by atoms with van der Waals surface area (Å²) in [5, 5.41) is -0.927. The molecule has 0 N–H and O–H groups in total. The minimum Gasteiger partial charge on any atom is -0.458 e. The van der Waals surface area contributed by atoms with Crippen LogP contribution in [0.5, 0.6) is 0 Å². The maximum atomic E-state index is 14.4. The van der Waals surface area contributed by atoms with E-state index in [4.69, 9.17) is 23.7 Å². The van der Waals surface area contributed by atoms with E-state index < -0.39 is 72.2 Å². The normalized spacial score (nSPS) is 13.1. The van der Waals surface area contributed by atoms with Gasteiger partial charge in [0, 0.05) is 5.75 Å². The van der Waals surface area contributed by atoms with Crippen LogP contribution >= 0.6 is 11.8 Å². The number of unbranched alkanes of at least 4 members (excludes halogenated alkanes) is 9. The first kappa shape index (κ1) is 49.7. The van der Waals surface area contributed by atoms with E-state index in [2.05, 4.69) is 6.92 Å². The third kappa shape index (κ3) is 17.0. The Hall–Kier alpha value is -5.96. The lowest BCUT2D eigenvalue weighted by Crippen LogP contribution is -2.55. The van der Waals surface area contributed by atoms with Crippen LogP contribution in [-0.2, 0) is 33.3 Å². The summed E-state index contributed by atoms with van der Waals surface area (Å²) in [6.07, 6.45) is -4.82. The van der Waals surface area contributed by atoms with Gasteiger partial charge in [0.25, 0.3) is 0 Å². The molecule has 0 bridgehead atoms. The van der Waals surface area contributed by atoms with Gasteiger partial charge in [0.1, 0.15) is 6.61 Å². The molecule has 0 amide bonds. The van der Waals surface area contributed by atoms with E-state index in [1.165, 1.54) is 116 Å². The van der Waals surface area contributed by atoms with Gasteiger partial charge in [-0.3, -0.25) is 4.79 Å². The predicted molar refractivity (Wildman–Crippen MR) is 229 cm³/mol. The van der Waals surface area contributed by atoms with Crippen LogP contribution in [0, 0.1) is 0 Å². The van der Waals surface area contributed by atoms with E-state index in [1.54, 1.807) is 24.3 Å². The molecule has 0 aliphatic heterocycles. The standard InChI is InChI=1S/C48H51F3O11S/c1-2-3-4-5-6-7-8-9-10-23-32-63-46(56)41(62-45(55)37-30-21-14-22-31-37)40(61-44(54)36-28-19-13-20-29-36)39(60-43(53)35-26-17-12-18-27-35)38(59-47(57)48(49,50)51)33-58-42(52)34-24-15-11-16-25-34/h11-22,24-31,38-41H,2-10,23,32-33H2,1H3/t38-,39-,40+,41-/m1/s1. The zero-order chi connectivity index (χ0) is 45.5. The number of thioether (sulfide) groups is 1. The van der Waals surface area contributed by atoms with Crippen LogP contribution in [0.15, 0.2) is 121 Å². The van der Waals surface area contributed by atoms with Gasteiger partial charge in [-0.05, 0) is 55.0 Å². The van der Waals surface area contributed by atoms with E-state index in [1.807, 2.05) is 0 Å². The van der Waals surface area contributed by atoms with Crippen molar-refractivity contribution in [2.45, 2.75) is 102 Å². The highest BCUT2D eigenvalue weighted by Crippen LogP contribution is 2.29. The van der Waals surface area contributed by atoms with Gasteiger partial charge in [0.2, 0.25) is 11.2 Å². The van der Waals surface area contributed by atoms with E-state index in [0.717, 1.165) is 38.5 Å². The first-order valence-electron chi connectivity index (χ1n) is 20.8. The lowest BCUT2D eigenvalue weighted by molar-refractivity contribution is -0.216. The Kier molecular flexibility index (Phi) is 20.9. The van der Waals surface area contributed by atoms with Crippen LogP contribution < -0.4 is 0 Å². The van der Waals surface area contributed by atoms with Crippen molar-refractivity contribution in [3.63, 3.8) is 0 Å².